The fraction of sp³-hybridized carbons (Fsp3) is 0.350. The van der Waals surface area contributed by atoms with E-state index in [1.54, 1.807) is 12.1 Å². The molecule has 0 radical (unpaired) electrons. The first-order chi connectivity index (χ1) is 12.6. The van der Waals surface area contributed by atoms with E-state index in [4.69, 9.17) is 10.5 Å². The van der Waals surface area contributed by atoms with Crippen LogP contribution in [0.3, 0.4) is 0 Å². The topological polar surface area (TPSA) is 58.8 Å². The van der Waals surface area contributed by atoms with E-state index in [-0.39, 0.29) is 11.9 Å². The van der Waals surface area contributed by atoms with Crippen molar-refractivity contribution < 1.29 is 13.9 Å². The number of ether oxygens (including phenoxy) is 1. The van der Waals surface area contributed by atoms with Crippen LogP contribution in [0.1, 0.15) is 18.1 Å². The molecule has 0 aromatic heterocycles. The molecule has 2 aromatic rings. The van der Waals surface area contributed by atoms with Gasteiger partial charge >= 0.3 is 6.09 Å². The van der Waals surface area contributed by atoms with Gasteiger partial charge in [0.15, 0.2) is 0 Å². The van der Waals surface area contributed by atoms with E-state index in [0.717, 1.165) is 44.0 Å². The highest BCUT2D eigenvalue weighted by Crippen LogP contribution is 2.22. The average Bonchev–Trinajstić information content (AvgIpc) is 2.66. The summed E-state index contributed by atoms with van der Waals surface area (Å²) in [5.41, 5.74) is 7.09. The van der Waals surface area contributed by atoms with Crippen molar-refractivity contribution in [1.29, 1.82) is 0 Å². The van der Waals surface area contributed by atoms with Crippen LogP contribution >= 0.6 is 0 Å². The number of anilines is 1. The number of carbonyl (C=O) groups is 1. The van der Waals surface area contributed by atoms with Crippen LogP contribution in [0.25, 0.3) is 0 Å². The van der Waals surface area contributed by atoms with Crippen molar-refractivity contribution in [3.63, 3.8) is 0 Å². The molecule has 26 heavy (non-hydrogen) atoms. The first-order valence-corrected chi connectivity index (χ1v) is 8.86. The Labute approximate surface area is 153 Å². The third-order valence-electron chi connectivity index (χ3n) is 4.68. The molecule has 1 amide bonds. The SMILES string of the molecule is NC(=O)OC(CCN1CCN(c2cccc(F)c2)CC1)c1ccccc1. The van der Waals surface area contributed by atoms with Crippen molar-refractivity contribution in [1.82, 2.24) is 4.90 Å². The molecule has 0 spiro atoms. The van der Waals surface area contributed by atoms with Gasteiger partial charge in [0.2, 0.25) is 0 Å². The fourth-order valence-electron chi connectivity index (χ4n) is 3.30. The normalized spacial score (nSPS) is 16.3. The predicted octanol–water partition coefficient (Wildman–Crippen LogP) is 3.17. The highest BCUT2D eigenvalue weighted by atomic mass is 19.1. The molecule has 1 saturated heterocycles. The van der Waals surface area contributed by atoms with Gasteiger partial charge in [0.05, 0.1) is 0 Å². The zero-order valence-electron chi connectivity index (χ0n) is 14.7. The number of hydrogen-bond donors (Lipinski definition) is 1. The third kappa shape index (κ3) is 4.95. The molecule has 5 nitrogen and oxygen atoms in total. The summed E-state index contributed by atoms with van der Waals surface area (Å²) < 4.78 is 18.7. The maximum Gasteiger partial charge on any atom is 0.405 e. The van der Waals surface area contributed by atoms with Crippen molar-refractivity contribution in [2.24, 2.45) is 5.73 Å². The molecule has 1 heterocycles. The lowest BCUT2D eigenvalue weighted by Gasteiger charge is -2.36. The first-order valence-electron chi connectivity index (χ1n) is 8.86. The summed E-state index contributed by atoms with van der Waals surface area (Å²) in [6.45, 7) is 4.26. The minimum atomic E-state index is -0.755. The Kier molecular flexibility index (Phi) is 6.07. The van der Waals surface area contributed by atoms with Crippen LogP contribution in [0.4, 0.5) is 14.9 Å². The van der Waals surface area contributed by atoms with E-state index in [1.807, 2.05) is 36.4 Å². The van der Waals surface area contributed by atoms with E-state index >= 15 is 0 Å². The minimum absolute atomic E-state index is 0.209. The third-order valence-corrected chi connectivity index (χ3v) is 4.68. The van der Waals surface area contributed by atoms with Gasteiger partial charge in [-0.15, -0.1) is 0 Å². The Morgan fingerprint density at radius 3 is 2.46 bits per heavy atom. The highest BCUT2D eigenvalue weighted by molar-refractivity contribution is 5.65. The maximum atomic E-state index is 13.4. The van der Waals surface area contributed by atoms with Crippen LogP contribution in [0.15, 0.2) is 54.6 Å². The molecule has 6 heteroatoms. The van der Waals surface area contributed by atoms with Gasteiger partial charge in [-0.3, -0.25) is 4.90 Å². The Morgan fingerprint density at radius 1 is 1.08 bits per heavy atom. The van der Waals surface area contributed by atoms with Crippen molar-refractivity contribution in [3.05, 3.63) is 66.0 Å². The second kappa shape index (κ2) is 8.67. The molecule has 2 N–H and O–H groups in total. The molecule has 1 aliphatic heterocycles. The van der Waals surface area contributed by atoms with Crippen molar-refractivity contribution in [2.75, 3.05) is 37.6 Å². The molecule has 0 bridgehead atoms. The van der Waals surface area contributed by atoms with Gasteiger partial charge in [0, 0.05) is 44.8 Å². The van der Waals surface area contributed by atoms with E-state index in [9.17, 15) is 9.18 Å². The van der Waals surface area contributed by atoms with Gasteiger partial charge in [-0.25, -0.2) is 9.18 Å². The summed E-state index contributed by atoms with van der Waals surface area (Å²) in [4.78, 5) is 15.7. The largest absolute Gasteiger partial charge is 0.441 e. The van der Waals surface area contributed by atoms with Crippen molar-refractivity contribution in [3.8, 4) is 0 Å². The first kappa shape index (κ1) is 18.2. The lowest BCUT2D eigenvalue weighted by molar-refractivity contribution is 0.0910. The van der Waals surface area contributed by atoms with Crippen LogP contribution in [0.2, 0.25) is 0 Å². The number of nitrogens with zero attached hydrogens (tertiary/aromatic N) is 2. The zero-order chi connectivity index (χ0) is 18.4. The number of rotatable bonds is 6. The smallest absolute Gasteiger partial charge is 0.405 e. The molecular weight excluding hydrogens is 333 g/mol. The molecule has 1 fully saturated rings. The number of piperazine rings is 1. The number of nitrogens with two attached hydrogens (primary N) is 1. The summed E-state index contributed by atoms with van der Waals surface area (Å²) in [6.07, 6.45) is -0.405. The van der Waals surface area contributed by atoms with Crippen molar-refractivity contribution >= 4 is 11.8 Å². The molecule has 0 aliphatic carbocycles. The van der Waals surface area contributed by atoms with Crippen LogP contribution in [-0.2, 0) is 4.74 Å². The van der Waals surface area contributed by atoms with Crippen LogP contribution in [-0.4, -0.2) is 43.7 Å². The summed E-state index contributed by atoms with van der Waals surface area (Å²) in [7, 11) is 0. The number of halogens is 1. The minimum Gasteiger partial charge on any atom is -0.441 e. The lowest BCUT2D eigenvalue weighted by Crippen LogP contribution is -2.47. The number of primary amides is 1. The molecule has 1 unspecified atom stereocenters. The predicted molar refractivity (Wildman–Crippen MR) is 99.5 cm³/mol. The standard InChI is InChI=1S/C20H24FN3O2/c21-17-7-4-8-18(15-17)24-13-11-23(12-14-24)10-9-19(26-20(22)25)16-5-2-1-3-6-16/h1-8,15,19H,9-14H2,(H2,22,25). The van der Waals surface area contributed by atoms with Crippen molar-refractivity contribution in [2.45, 2.75) is 12.5 Å². The summed E-state index contributed by atoms with van der Waals surface area (Å²) in [5.74, 6) is -0.209. The Morgan fingerprint density at radius 2 is 1.81 bits per heavy atom. The second-order valence-corrected chi connectivity index (χ2v) is 6.43. The number of benzene rings is 2. The van der Waals surface area contributed by atoms with Gasteiger partial charge in [0.25, 0.3) is 0 Å². The maximum absolute atomic E-state index is 13.4. The van der Waals surface area contributed by atoms with E-state index in [1.165, 1.54) is 6.07 Å². The van der Waals surface area contributed by atoms with Gasteiger partial charge in [-0.1, -0.05) is 36.4 Å². The second-order valence-electron chi connectivity index (χ2n) is 6.43. The van der Waals surface area contributed by atoms with E-state index < -0.39 is 6.09 Å². The average molecular weight is 357 g/mol. The van der Waals surface area contributed by atoms with Crippen LogP contribution in [0.5, 0.6) is 0 Å². The Bertz CT molecular complexity index is 718. The van der Waals surface area contributed by atoms with Crippen LogP contribution in [0, 0.1) is 5.82 Å². The summed E-state index contributed by atoms with van der Waals surface area (Å²) in [6, 6.07) is 16.4. The fourth-order valence-corrected chi connectivity index (χ4v) is 3.30. The summed E-state index contributed by atoms with van der Waals surface area (Å²) in [5, 5.41) is 0. The quantitative estimate of drug-likeness (QED) is 0.863. The zero-order valence-corrected chi connectivity index (χ0v) is 14.7. The number of amides is 1. The van der Waals surface area contributed by atoms with Gasteiger partial charge < -0.3 is 15.4 Å². The van der Waals surface area contributed by atoms with Crippen LogP contribution < -0.4 is 10.6 Å². The van der Waals surface area contributed by atoms with E-state index in [0.29, 0.717) is 6.42 Å². The molecule has 1 aliphatic rings. The molecule has 3 rings (SSSR count). The number of hydrogen-bond acceptors (Lipinski definition) is 4. The highest BCUT2D eigenvalue weighted by Gasteiger charge is 2.20. The van der Waals surface area contributed by atoms with Gasteiger partial charge in [-0.2, -0.15) is 0 Å². The monoisotopic (exact) mass is 357 g/mol. The Hall–Kier alpha value is -2.60. The number of carbonyl (C=O) groups excluding carboxylic acids is 1. The summed E-state index contributed by atoms with van der Waals surface area (Å²) >= 11 is 0. The Balaban J connectivity index is 1.52. The molecule has 1 atom stereocenters. The molecule has 0 saturated carbocycles. The van der Waals surface area contributed by atoms with Gasteiger partial charge in [-0.05, 0) is 23.8 Å². The molecule has 138 valence electrons. The van der Waals surface area contributed by atoms with Gasteiger partial charge in [0.1, 0.15) is 11.9 Å². The molecular formula is C20H24FN3O2. The molecule has 2 aromatic carbocycles. The lowest BCUT2D eigenvalue weighted by atomic mass is 10.1. The van der Waals surface area contributed by atoms with E-state index in [2.05, 4.69) is 9.80 Å².